The van der Waals surface area contributed by atoms with Crippen molar-refractivity contribution in [2.24, 2.45) is 4.99 Å². The van der Waals surface area contributed by atoms with Gasteiger partial charge >= 0.3 is 0 Å². The van der Waals surface area contributed by atoms with Crippen LogP contribution in [-0.2, 0) is 13.1 Å². The lowest BCUT2D eigenvalue weighted by molar-refractivity contribution is 0.780. The molecule has 0 fully saturated rings. The number of hydrogen-bond acceptors (Lipinski definition) is 5. The van der Waals surface area contributed by atoms with Crippen LogP contribution in [0.5, 0.6) is 0 Å². The lowest BCUT2D eigenvalue weighted by Crippen LogP contribution is -2.36. The standard InChI is InChI=1S/C15H23N5S2.HI/c1-9(2)14-11(4)22-13(20-14)7-18-15(16-5)17-6-12-19-10(3)8-21-12;/h8-9H,6-7H2,1-5H3,(H2,16,17,18);1H. The van der Waals surface area contributed by atoms with Crippen LogP contribution in [0.2, 0.25) is 0 Å². The zero-order valence-electron chi connectivity index (χ0n) is 14.1. The van der Waals surface area contributed by atoms with E-state index in [9.17, 15) is 0 Å². The molecular formula is C15H24IN5S2. The molecule has 0 aromatic carbocycles. The Morgan fingerprint density at radius 2 is 1.83 bits per heavy atom. The van der Waals surface area contributed by atoms with Gasteiger partial charge in [0.25, 0.3) is 0 Å². The van der Waals surface area contributed by atoms with Crippen molar-refractivity contribution >= 4 is 52.6 Å². The fraction of sp³-hybridized carbons (Fsp3) is 0.533. The molecule has 2 aromatic heterocycles. The van der Waals surface area contributed by atoms with Crippen LogP contribution in [0.15, 0.2) is 10.4 Å². The van der Waals surface area contributed by atoms with Gasteiger partial charge in [0.2, 0.25) is 0 Å². The number of halogens is 1. The summed E-state index contributed by atoms with van der Waals surface area (Å²) in [6.45, 7) is 9.87. The van der Waals surface area contributed by atoms with Gasteiger partial charge < -0.3 is 10.6 Å². The molecule has 0 saturated carbocycles. The van der Waals surface area contributed by atoms with Gasteiger partial charge in [0.1, 0.15) is 10.0 Å². The molecule has 2 N–H and O–H groups in total. The molecule has 0 amide bonds. The van der Waals surface area contributed by atoms with Crippen LogP contribution in [-0.4, -0.2) is 23.0 Å². The Bertz CT molecular complexity index is 648. The third-order valence-electron chi connectivity index (χ3n) is 3.13. The zero-order valence-corrected chi connectivity index (χ0v) is 18.1. The van der Waals surface area contributed by atoms with Gasteiger partial charge in [-0.15, -0.1) is 46.7 Å². The predicted octanol–water partition coefficient (Wildman–Crippen LogP) is 3.82. The third-order valence-corrected chi connectivity index (χ3v) is 5.08. The largest absolute Gasteiger partial charge is 0.350 e. The number of nitrogens with one attached hydrogen (secondary N) is 2. The fourth-order valence-corrected chi connectivity index (χ4v) is 3.84. The monoisotopic (exact) mass is 465 g/mol. The Hall–Kier alpha value is -0.740. The summed E-state index contributed by atoms with van der Waals surface area (Å²) in [5, 5.41) is 10.8. The molecule has 0 unspecified atom stereocenters. The van der Waals surface area contributed by atoms with E-state index in [0.29, 0.717) is 19.0 Å². The van der Waals surface area contributed by atoms with Crippen LogP contribution in [0, 0.1) is 13.8 Å². The minimum Gasteiger partial charge on any atom is -0.350 e. The van der Waals surface area contributed by atoms with Gasteiger partial charge in [0.05, 0.1) is 18.8 Å². The normalized spacial score (nSPS) is 11.5. The van der Waals surface area contributed by atoms with Crippen molar-refractivity contribution in [2.75, 3.05) is 7.05 Å². The number of guanidine groups is 1. The SMILES string of the molecule is CN=C(NCc1nc(C)cs1)NCc1nc(C(C)C)c(C)s1.I. The van der Waals surface area contributed by atoms with E-state index in [0.717, 1.165) is 21.7 Å². The molecule has 2 aromatic rings. The first kappa shape index (κ1) is 20.3. The highest BCUT2D eigenvalue weighted by molar-refractivity contribution is 14.0. The van der Waals surface area contributed by atoms with E-state index in [-0.39, 0.29) is 24.0 Å². The maximum Gasteiger partial charge on any atom is 0.191 e. The Labute approximate surface area is 163 Å². The number of aryl methyl sites for hydroxylation is 2. The van der Waals surface area contributed by atoms with Gasteiger partial charge in [-0.3, -0.25) is 4.99 Å². The van der Waals surface area contributed by atoms with Crippen molar-refractivity contribution in [2.45, 2.75) is 46.7 Å². The second-order valence-corrected chi connectivity index (χ2v) is 7.60. The summed E-state index contributed by atoms with van der Waals surface area (Å²) < 4.78 is 0. The maximum absolute atomic E-state index is 4.70. The summed E-state index contributed by atoms with van der Waals surface area (Å²) >= 11 is 3.40. The maximum atomic E-state index is 4.70. The first-order valence-electron chi connectivity index (χ1n) is 7.31. The minimum absolute atomic E-state index is 0. The van der Waals surface area contributed by atoms with Gasteiger partial charge in [-0.05, 0) is 19.8 Å². The molecule has 0 aliphatic heterocycles. The average Bonchev–Trinajstić information content (AvgIpc) is 3.05. The van der Waals surface area contributed by atoms with Gasteiger partial charge in [-0.25, -0.2) is 9.97 Å². The fourth-order valence-electron chi connectivity index (χ4n) is 2.10. The molecule has 5 nitrogen and oxygen atoms in total. The molecule has 0 radical (unpaired) electrons. The van der Waals surface area contributed by atoms with Crippen molar-refractivity contribution in [3.8, 4) is 0 Å². The highest BCUT2D eigenvalue weighted by Gasteiger charge is 2.11. The van der Waals surface area contributed by atoms with E-state index in [1.807, 2.05) is 6.92 Å². The van der Waals surface area contributed by atoms with Crippen molar-refractivity contribution in [1.82, 2.24) is 20.6 Å². The second kappa shape index (κ2) is 9.53. The third kappa shape index (κ3) is 6.00. The van der Waals surface area contributed by atoms with Crippen molar-refractivity contribution in [3.63, 3.8) is 0 Å². The Morgan fingerprint density at radius 1 is 1.17 bits per heavy atom. The molecular weight excluding hydrogens is 441 g/mol. The van der Waals surface area contributed by atoms with E-state index in [4.69, 9.17) is 4.98 Å². The molecule has 0 aliphatic rings. The van der Waals surface area contributed by atoms with Crippen LogP contribution >= 0.6 is 46.7 Å². The van der Waals surface area contributed by atoms with Crippen molar-refractivity contribution in [3.05, 3.63) is 31.7 Å². The Kier molecular flexibility index (Phi) is 8.41. The van der Waals surface area contributed by atoms with E-state index < -0.39 is 0 Å². The topological polar surface area (TPSA) is 62.2 Å². The zero-order chi connectivity index (χ0) is 16.1. The molecule has 2 heterocycles. The molecule has 0 saturated heterocycles. The van der Waals surface area contributed by atoms with E-state index in [2.05, 4.69) is 46.8 Å². The number of thiazole rings is 2. The molecule has 2 rings (SSSR count). The summed E-state index contributed by atoms with van der Waals surface area (Å²) in [5.41, 5.74) is 2.26. The smallest absolute Gasteiger partial charge is 0.191 e. The summed E-state index contributed by atoms with van der Waals surface area (Å²) in [4.78, 5) is 14.7. The van der Waals surface area contributed by atoms with Crippen LogP contribution < -0.4 is 10.6 Å². The molecule has 0 aliphatic carbocycles. The summed E-state index contributed by atoms with van der Waals surface area (Å²) in [7, 11) is 1.77. The van der Waals surface area contributed by atoms with Gasteiger partial charge in [-0.1, -0.05) is 13.8 Å². The minimum atomic E-state index is 0. The highest BCUT2D eigenvalue weighted by Crippen LogP contribution is 2.23. The molecule has 128 valence electrons. The molecule has 0 atom stereocenters. The van der Waals surface area contributed by atoms with Crippen molar-refractivity contribution in [1.29, 1.82) is 0 Å². The lowest BCUT2D eigenvalue weighted by atomic mass is 10.1. The van der Waals surface area contributed by atoms with E-state index >= 15 is 0 Å². The predicted molar refractivity (Wildman–Crippen MR) is 110 cm³/mol. The molecule has 23 heavy (non-hydrogen) atoms. The quantitative estimate of drug-likeness (QED) is 0.401. The summed E-state index contributed by atoms with van der Waals surface area (Å²) in [6.07, 6.45) is 0. The van der Waals surface area contributed by atoms with E-state index in [1.54, 1.807) is 29.7 Å². The number of nitrogens with zero attached hydrogens (tertiary/aromatic N) is 3. The Morgan fingerprint density at radius 3 is 2.30 bits per heavy atom. The molecule has 0 spiro atoms. The average molecular weight is 465 g/mol. The first-order chi connectivity index (χ1) is 10.5. The van der Waals surface area contributed by atoms with Crippen LogP contribution in [0.25, 0.3) is 0 Å². The summed E-state index contributed by atoms with van der Waals surface area (Å²) in [5.74, 6) is 1.24. The number of rotatable bonds is 5. The van der Waals surface area contributed by atoms with Crippen LogP contribution in [0.1, 0.15) is 46.0 Å². The van der Waals surface area contributed by atoms with Crippen LogP contribution in [0.3, 0.4) is 0 Å². The number of hydrogen-bond donors (Lipinski definition) is 2. The highest BCUT2D eigenvalue weighted by atomic mass is 127. The van der Waals surface area contributed by atoms with Gasteiger partial charge in [0, 0.05) is 23.0 Å². The lowest BCUT2D eigenvalue weighted by Gasteiger charge is -2.09. The first-order valence-corrected chi connectivity index (χ1v) is 9.01. The van der Waals surface area contributed by atoms with Crippen molar-refractivity contribution < 1.29 is 0 Å². The number of aromatic nitrogens is 2. The number of aliphatic imine (C=N–C) groups is 1. The second-order valence-electron chi connectivity index (χ2n) is 5.37. The van der Waals surface area contributed by atoms with Gasteiger partial charge in [0.15, 0.2) is 5.96 Å². The summed E-state index contributed by atoms with van der Waals surface area (Å²) in [6, 6.07) is 0. The molecule has 0 bridgehead atoms. The molecule has 8 heteroatoms. The Balaban J connectivity index is 0.00000264. The van der Waals surface area contributed by atoms with Gasteiger partial charge in [-0.2, -0.15) is 0 Å². The van der Waals surface area contributed by atoms with E-state index in [1.165, 1.54) is 10.6 Å². The van der Waals surface area contributed by atoms with Crippen LogP contribution in [0.4, 0.5) is 0 Å².